The Morgan fingerprint density at radius 2 is 2.08 bits per heavy atom. The van der Waals surface area contributed by atoms with Crippen molar-refractivity contribution >= 4 is 10.0 Å². The molecule has 0 radical (unpaired) electrons. The number of hydrogen-bond acceptors (Lipinski definition) is 5. The molecule has 0 amide bonds. The average molecular weight is 357 g/mol. The zero-order valence-electron chi connectivity index (χ0n) is 14.1. The van der Waals surface area contributed by atoms with E-state index in [4.69, 9.17) is 4.74 Å². The summed E-state index contributed by atoms with van der Waals surface area (Å²) in [6.45, 7) is 4.25. The third-order valence-corrected chi connectivity index (χ3v) is 6.17. The first kappa shape index (κ1) is 17.4. The topological polar surface area (TPSA) is 83.3 Å². The number of nitriles is 1. The Kier molecular flexibility index (Phi) is 4.75. The second kappa shape index (κ2) is 6.82. The highest BCUT2D eigenvalue weighted by atomic mass is 32.2. The van der Waals surface area contributed by atoms with Gasteiger partial charge in [0.25, 0.3) is 0 Å². The smallest absolute Gasteiger partial charge is 0.244 e. The zero-order valence-corrected chi connectivity index (χ0v) is 15.0. The van der Waals surface area contributed by atoms with Crippen LogP contribution in [-0.2, 0) is 10.0 Å². The lowest BCUT2D eigenvalue weighted by Crippen LogP contribution is -2.31. The minimum atomic E-state index is -3.72. The second-order valence-corrected chi connectivity index (χ2v) is 7.99. The summed E-state index contributed by atoms with van der Waals surface area (Å²) in [6, 6.07) is 10.6. The highest BCUT2D eigenvalue weighted by Crippen LogP contribution is 2.27. The molecule has 1 aliphatic heterocycles. The fourth-order valence-electron chi connectivity index (χ4n) is 2.87. The number of hydrogen-bond donors (Lipinski definition) is 0. The van der Waals surface area contributed by atoms with Crippen LogP contribution in [0.15, 0.2) is 41.4 Å². The number of sulfonamides is 1. The second-order valence-electron chi connectivity index (χ2n) is 6.09. The Bertz CT molecular complexity index is 918. The molecule has 1 fully saturated rings. The molecule has 1 aromatic heterocycles. The maximum atomic E-state index is 12.9. The van der Waals surface area contributed by atoms with E-state index in [9.17, 15) is 13.7 Å². The van der Waals surface area contributed by atoms with Gasteiger partial charge in [-0.1, -0.05) is 12.1 Å². The van der Waals surface area contributed by atoms with Gasteiger partial charge in [0.1, 0.15) is 22.8 Å². The third-order valence-electron chi connectivity index (χ3n) is 4.26. The lowest BCUT2D eigenvalue weighted by Gasteiger charge is -2.18. The Hall–Kier alpha value is -2.43. The molecule has 1 aliphatic rings. The fraction of sp³-hybridized carbons (Fsp3) is 0.333. The molecule has 3 rings (SSSR count). The van der Waals surface area contributed by atoms with Gasteiger partial charge >= 0.3 is 0 Å². The summed E-state index contributed by atoms with van der Waals surface area (Å²) in [4.78, 5) is 4.24. The van der Waals surface area contributed by atoms with Gasteiger partial charge in [-0.25, -0.2) is 8.42 Å². The van der Waals surface area contributed by atoms with Crippen LogP contribution in [0.4, 0.5) is 0 Å². The van der Waals surface area contributed by atoms with Crippen LogP contribution in [0.2, 0.25) is 0 Å². The van der Waals surface area contributed by atoms with Crippen molar-refractivity contribution in [2.75, 3.05) is 13.1 Å². The fourth-order valence-corrected chi connectivity index (χ4v) is 4.57. The normalized spacial score (nSPS) is 18.0. The molecule has 0 aliphatic carbocycles. The first-order valence-electron chi connectivity index (χ1n) is 8.01. The summed E-state index contributed by atoms with van der Waals surface area (Å²) >= 11 is 0. The number of nitrogens with zero attached hydrogens (tertiary/aromatic N) is 3. The van der Waals surface area contributed by atoms with E-state index in [0.717, 1.165) is 5.69 Å². The molecule has 0 spiro atoms. The predicted octanol–water partition coefficient (Wildman–Crippen LogP) is 2.41. The summed E-state index contributed by atoms with van der Waals surface area (Å²) in [6.07, 6.45) is 2.01. The van der Waals surface area contributed by atoms with E-state index >= 15 is 0 Å². The third kappa shape index (κ3) is 3.50. The minimum absolute atomic E-state index is 0.0626. The van der Waals surface area contributed by atoms with Gasteiger partial charge in [0.15, 0.2) is 0 Å². The molecule has 1 saturated heterocycles. The number of rotatable bonds is 4. The van der Waals surface area contributed by atoms with Crippen LogP contribution in [0.3, 0.4) is 0 Å². The van der Waals surface area contributed by atoms with Gasteiger partial charge in [-0.05, 0) is 44.0 Å². The van der Waals surface area contributed by atoms with E-state index < -0.39 is 10.0 Å². The van der Waals surface area contributed by atoms with Crippen LogP contribution in [0, 0.1) is 25.2 Å². The molecule has 0 bridgehead atoms. The van der Waals surface area contributed by atoms with Gasteiger partial charge in [-0.15, -0.1) is 0 Å². The molecular weight excluding hydrogens is 338 g/mol. The first-order valence-corrected chi connectivity index (χ1v) is 9.45. The molecule has 2 aromatic rings. The first-order chi connectivity index (χ1) is 11.9. The van der Waals surface area contributed by atoms with Crippen LogP contribution in [0.1, 0.15) is 23.2 Å². The highest BCUT2D eigenvalue weighted by molar-refractivity contribution is 7.89. The van der Waals surface area contributed by atoms with E-state index in [2.05, 4.69) is 4.98 Å². The number of benzene rings is 1. The van der Waals surface area contributed by atoms with Crippen molar-refractivity contribution in [1.82, 2.24) is 9.29 Å². The Morgan fingerprint density at radius 1 is 1.28 bits per heavy atom. The van der Waals surface area contributed by atoms with Crippen LogP contribution >= 0.6 is 0 Å². The molecule has 130 valence electrons. The maximum absolute atomic E-state index is 12.9. The van der Waals surface area contributed by atoms with Gasteiger partial charge in [0.2, 0.25) is 10.0 Å². The SMILES string of the molecule is Cc1ccc(OC2CCN(S(=O)(=O)c3cccc(C)c3C#N)C2)cn1. The standard InChI is InChI=1S/C18H19N3O3S/c1-13-4-3-5-18(17(13)10-19)25(22,23)21-9-8-16(12-21)24-15-7-6-14(2)20-11-15/h3-7,11,16H,8-9,12H2,1-2H3. The van der Waals surface area contributed by atoms with E-state index in [1.807, 2.05) is 25.1 Å². The van der Waals surface area contributed by atoms with Crippen molar-refractivity contribution in [3.8, 4) is 11.8 Å². The van der Waals surface area contributed by atoms with Gasteiger partial charge in [-0.2, -0.15) is 9.57 Å². The van der Waals surface area contributed by atoms with Crippen LogP contribution in [0.25, 0.3) is 0 Å². The van der Waals surface area contributed by atoms with E-state index in [1.165, 1.54) is 10.4 Å². The molecule has 2 heterocycles. The van der Waals surface area contributed by atoms with E-state index in [1.54, 1.807) is 25.3 Å². The van der Waals surface area contributed by atoms with Crippen LogP contribution in [-0.4, -0.2) is 36.9 Å². The Labute approximate surface area is 147 Å². The highest BCUT2D eigenvalue weighted by Gasteiger charge is 2.35. The summed E-state index contributed by atoms with van der Waals surface area (Å²) in [5.74, 6) is 0.628. The summed E-state index contributed by atoms with van der Waals surface area (Å²) in [5, 5.41) is 9.31. The zero-order chi connectivity index (χ0) is 18.0. The van der Waals surface area contributed by atoms with Crippen molar-refractivity contribution in [2.24, 2.45) is 0 Å². The quantitative estimate of drug-likeness (QED) is 0.839. The average Bonchev–Trinajstić information content (AvgIpc) is 3.06. The monoisotopic (exact) mass is 357 g/mol. The molecule has 25 heavy (non-hydrogen) atoms. The molecule has 1 unspecified atom stereocenters. The molecule has 6 nitrogen and oxygen atoms in total. The van der Waals surface area contributed by atoms with E-state index in [0.29, 0.717) is 24.3 Å². The summed E-state index contributed by atoms with van der Waals surface area (Å²) < 4.78 is 33.1. The van der Waals surface area contributed by atoms with Crippen molar-refractivity contribution in [3.63, 3.8) is 0 Å². The Balaban J connectivity index is 1.78. The lowest BCUT2D eigenvalue weighted by molar-refractivity contribution is 0.214. The van der Waals surface area contributed by atoms with Gasteiger partial charge < -0.3 is 4.74 Å². The predicted molar refractivity (Wildman–Crippen MR) is 92.7 cm³/mol. The molecule has 7 heteroatoms. The number of pyridine rings is 1. The minimum Gasteiger partial charge on any atom is -0.487 e. The molecule has 0 N–H and O–H groups in total. The van der Waals surface area contributed by atoms with Gasteiger partial charge in [0.05, 0.1) is 18.3 Å². The van der Waals surface area contributed by atoms with Crippen molar-refractivity contribution in [2.45, 2.75) is 31.3 Å². The largest absolute Gasteiger partial charge is 0.487 e. The molecule has 0 saturated carbocycles. The Morgan fingerprint density at radius 3 is 2.76 bits per heavy atom. The van der Waals surface area contributed by atoms with Gasteiger partial charge in [-0.3, -0.25) is 4.98 Å². The van der Waals surface area contributed by atoms with Gasteiger partial charge in [0, 0.05) is 12.2 Å². The van der Waals surface area contributed by atoms with Crippen molar-refractivity contribution in [3.05, 3.63) is 53.3 Å². The lowest BCUT2D eigenvalue weighted by atomic mass is 10.1. The van der Waals surface area contributed by atoms with Crippen molar-refractivity contribution in [1.29, 1.82) is 5.26 Å². The molecular formula is C18H19N3O3S. The van der Waals surface area contributed by atoms with Crippen molar-refractivity contribution < 1.29 is 13.2 Å². The van der Waals surface area contributed by atoms with Crippen LogP contribution < -0.4 is 4.74 Å². The van der Waals surface area contributed by atoms with E-state index in [-0.39, 0.29) is 23.1 Å². The van der Waals surface area contributed by atoms with Crippen LogP contribution in [0.5, 0.6) is 5.75 Å². The number of aryl methyl sites for hydroxylation is 2. The molecule has 1 atom stereocenters. The number of aromatic nitrogens is 1. The summed E-state index contributed by atoms with van der Waals surface area (Å²) in [7, 11) is -3.72. The maximum Gasteiger partial charge on any atom is 0.244 e. The molecule has 1 aromatic carbocycles. The number of ether oxygens (including phenoxy) is 1. The summed E-state index contributed by atoms with van der Waals surface area (Å²) in [5.41, 5.74) is 1.75.